The summed E-state index contributed by atoms with van der Waals surface area (Å²) in [5, 5.41) is 2.27. The Morgan fingerprint density at radius 3 is 1.44 bits per heavy atom. The molecule has 2 spiro atoms. The maximum Gasteiger partial charge on any atom is 0.158 e. The highest BCUT2D eigenvalue weighted by Crippen LogP contribution is 2.49. The largest absolute Gasteiger partial charge is 0.382 e. The lowest BCUT2D eigenvalue weighted by atomic mass is 9.60. The molecule has 4 aliphatic rings. The van der Waals surface area contributed by atoms with Gasteiger partial charge in [-0.05, 0) is 74.3 Å². The van der Waals surface area contributed by atoms with Crippen molar-refractivity contribution in [3.05, 3.63) is 52.1 Å². The van der Waals surface area contributed by atoms with Crippen LogP contribution in [0.15, 0.2) is 56.8 Å². The average Bonchev–Trinajstić information content (AvgIpc) is 3.16. The van der Waals surface area contributed by atoms with Gasteiger partial charge in [-0.1, -0.05) is 58.3 Å². The SMILES string of the molecule is Nc1nc(N2CCC3(CC[C@@H]3N)CC2)cnc1Sc1ccnc(Cl)c1Cl.Nc1nc(N2CCC3(CC[C@@H]3N)CC2)cnc1Sc1ccnc(N)c1Cl. The molecule has 0 radical (unpaired) electrons. The summed E-state index contributed by atoms with van der Waals surface area (Å²) in [6.45, 7) is 3.78. The van der Waals surface area contributed by atoms with Crippen molar-refractivity contribution < 1.29 is 0 Å². The zero-order chi connectivity index (χ0) is 36.6. The van der Waals surface area contributed by atoms with Crippen molar-refractivity contribution in [2.24, 2.45) is 22.3 Å². The normalized spacial score (nSPS) is 21.6. The number of anilines is 5. The lowest BCUT2D eigenvalue weighted by Gasteiger charge is -2.52. The van der Waals surface area contributed by atoms with Gasteiger partial charge in [-0.2, -0.15) is 0 Å². The smallest absolute Gasteiger partial charge is 0.158 e. The molecule has 2 aliphatic carbocycles. The maximum atomic E-state index is 6.22. The van der Waals surface area contributed by atoms with Crippen LogP contribution in [-0.2, 0) is 0 Å². The summed E-state index contributed by atoms with van der Waals surface area (Å²) in [5.74, 6) is 2.69. The second-order valence-corrected chi connectivity index (χ2v) is 17.1. The Morgan fingerprint density at radius 1 is 0.596 bits per heavy atom. The Kier molecular flexibility index (Phi) is 11.0. The second kappa shape index (κ2) is 15.4. The Hall–Kier alpha value is -3.05. The first kappa shape index (κ1) is 37.3. The molecule has 18 heteroatoms. The van der Waals surface area contributed by atoms with E-state index in [1.54, 1.807) is 36.9 Å². The zero-order valence-electron chi connectivity index (χ0n) is 28.5. The molecule has 276 valence electrons. The van der Waals surface area contributed by atoms with Crippen LogP contribution in [0.3, 0.4) is 0 Å². The van der Waals surface area contributed by atoms with Crippen LogP contribution >= 0.6 is 58.3 Å². The minimum absolute atomic E-state index is 0.260. The van der Waals surface area contributed by atoms with E-state index in [0.29, 0.717) is 54.6 Å². The van der Waals surface area contributed by atoms with Crippen molar-refractivity contribution in [3.63, 3.8) is 0 Å². The molecule has 0 bridgehead atoms. The third-order valence-electron chi connectivity index (χ3n) is 11.3. The summed E-state index contributed by atoms with van der Waals surface area (Å²) in [6, 6.07) is 4.28. The molecule has 2 saturated heterocycles. The minimum Gasteiger partial charge on any atom is -0.382 e. The van der Waals surface area contributed by atoms with Crippen LogP contribution in [0.4, 0.5) is 29.1 Å². The van der Waals surface area contributed by atoms with Gasteiger partial charge in [-0.15, -0.1) is 0 Å². The van der Waals surface area contributed by atoms with E-state index in [9.17, 15) is 0 Å². The predicted octanol–water partition coefficient (Wildman–Crippen LogP) is 6.17. The second-order valence-electron chi connectivity index (χ2n) is 14.0. The summed E-state index contributed by atoms with van der Waals surface area (Å²) < 4.78 is 0. The highest BCUT2D eigenvalue weighted by Gasteiger charge is 2.47. The highest BCUT2D eigenvalue weighted by molar-refractivity contribution is 7.99. The van der Waals surface area contributed by atoms with Gasteiger partial charge in [0.2, 0.25) is 0 Å². The van der Waals surface area contributed by atoms with E-state index >= 15 is 0 Å². The van der Waals surface area contributed by atoms with Gasteiger partial charge in [-0.3, -0.25) is 0 Å². The van der Waals surface area contributed by atoms with Gasteiger partial charge in [0.25, 0.3) is 0 Å². The quantitative estimate of drug-likeness (QED) is 0.138. The van der Waals surface area contributed by atoms with Crippen molar-refractivity contribution >= 4 is 87.4 Å². The van der Waals surface area contributed by atoms with Gasteiger partial charge >= 0.3 is 0 Å². The van der Waals surface area contributed by atoms with E-state index in [-0.39, 0.29) is 11.0 Å². The number of aromatic nitrogens is 6. The molecule has 13 nitrogen and oxygen atoms in total. The van der Waals surface area contributed by atoms with Crippen LogP contribution < -0.4 is 38.5 Å². The zero-order valence-corrected chi connectivity index (χ0v) is 32.4. The lowest BCUT2D eigenvalue weighted by molar-refractivity contribution is 0.0610. The van der Waals surface area contributed by atoms with Crippen molar-refractivity contribution in [3.8, 4) is 0 Å². The third-order valence-corrected chi connectivity index (χ3v) is 14.8. The van der Waals surface area contributed by atoms with E-state index < -0.39 is 0 Å². The predicted molar refractivity (Wildman–Crippen MR) is 211 cm³/mol. The van der Waals surface area contributed by atoms with Gasteiger partial charge in [0, 0.05) is 60.4 Å². The first-order valence-electron chi connectivity index (χ1n) is 17.3. The fourth-order valence-electron chi connectivity index (χ4n) is 7.48. The third kappa shape index (κ3) is 7.50. The molecule has 2 atom stereocenters. The molecule has 52 heavy (non-hydrogen) atoms. The molecular weight excluding hydrogens is 761 g/mol. The molecule has 4 aromatic rings. The number of pyridine rings is 2. The Balaban J connectivity index is 0.000000162. The number of halogens is 3. The van der Waals surface area contributed by atoms with Gasteiger partial charge in [0.1, 0.15) is 32.7 Å². The molecule has 0 unspecified atom stereocenters. The summed E-state index contributed by atoms with van der Waals surface area (Å²) in [4.78, 5) is 32.0. The van der Waals surface area contributed by atoms with Gasteiger partial charge in [0.15, 0.2) is 11.6 Å². The van der Waals surface area contributed by atoms with Crippen molar-refractivity contribution in [2.45, 2.75) is 83.3 Å². The van der Waals surface area contributed by atoms with E-state index in [4.69, 9.17) is 63.5 Å². The van der Waals surface area contributed by atoms with E-state index in [1.165, 1.54) is 36.4 Å². The van der Waals surface area contributed by atoms with Crippen LogP contribution in [0.25, 0.3) is 0 Å². The number of nitrogens with two attached hydrogens (primary N) is 5. The van der Waals surface area contributed by atoms with Crippen LogP contribution in [0.2, 0.25) is 15.2 Å². The highest BCUT2D eigenvalue weighted by atomic mass is 35.5. The summed E-state index contributed by atoms with van der Waals surface area (Å²) >= 11 is 21.0. The van der Waals surface area contributed by atoms with E-state index in [1.807, 2.05) is 0 Å². The number of nitrogens with zero attached hydrogens (tertiary/aromatic N) is 8. The molecule has 8 rings (SSSR count). The molecule has 0 amide bonds. The van der Waals surface area contributed by atoms with Crippen LogP contribution in [-0.4, -0.2) is 68.2 Å². The topological polar surface area (TPSA) is 214 Å². The van der Waals surface area contributed by atoms with Crippen LogP contribution in [0.1, 0.15) is 51.4 Å². The summed E-state index contributed by atoms with van der Waals surface area (Å²) in [6.07, 6.45) is 16.0. The molecule has 0 aromatic carbocycles. The lowest BCUT2D eigenvalue weighted by Crippen LogP contribution is -2.56. The molecular formula is C34H42Cl3N13S2. The molecule has 2 saturated carbocycles. The average molecular weight is 803 g/mol. The first-order valence-corrected chi connectivity index (χ1v) is 20.1. The van der Waals surface area contributed by atoms with E-state index in [2.05, 4.69) is 39.7 Å². The van der Waals surface area contributed by atoms with Crippen LogP contribution in [0.5, 0.6) is 0 Å². The minimum atomic E-state index is 0.260. The molecule has 4 aromatic heterocycles. The standard InChI is InChI=1S/C17H20Cl2N6S.C17H22ClN7S/c18-13-10(2-6-22-14(13)19)26-16-15(21)24-12(9-23-16)25-7-4-17(5-8-25)3-1-11(17)20;18-13-10(2-6-22-14(13)20)26-16-15(21)24-12(9-23-16)25-7-4-17(5-8-25)3-1-11(17)19/h2,6,9,11H,1,3-5,7-8,20H2,(H2,21,24);2,6,9,11H,1,3-5,7-8,19H2,(H2,20,22)(H2,21,24)/t2*11-/m00/s1. The fraction of sp³-hybridized carbons (Fsp3) is 0.471. The Morgan fingerprint density at radius 2 is 1.04 bits per heavy atom. The fourth-order valence-corrected chi connectivity index (χ4v) is 9.71. The monoisotopic (exact) mass is 801 g/mol. The van der Waals surface area contributed by atoms with Crippen LogP contribution in [0, 0.1) is 10.8 Å². The Labute approximate surface area is 326 Å². The number of nitrogen functional groups attached to an aromatic ring is 3. The maximum absolute atomic E-state index is 6.22. The number of hydrogen-bond acceptors (Lipinski definition) is 15. The van der Waals surface area contributed by atoms with E-state index in [0.717, 1.165) is 86.1 Å². The van der Waals surface area contributed by atoms with Crippen molar-refractivity contribution in [1.82, 2.24) is 29.9 Å². The van der Waals surface area contributed by atoms with Gasteiger partial charge in [-0.25, -0.2) is 29.9 Å². The van der Waals surface area contributed by atoms with Gasteiger partial charge in [0.05, 0.1) is 22.4 Å². The van der Waals surface area contributed by atoms with Gasteiger partial charge < -0.3 is 38.5 Å². The molecule has 6 heterocycles. The summed E-state index contributed by atoms with van der Waals surface area (Å²) in [5.41, 5.74) is 31.2. The number of piperidine rings is 2. The molecule has 4 fully saturated rings. The molecule has 10 N–H and O–H groups in total. The molecule has 2 aliphatic heterocycles. The first-order chi connectivity index (χ1) is 25.0. The Bertz CT molecular complexity index is 1780. The number of hydrogen-bond donors (Lipinski definition) is 5. The van der Waals surface area contributed by atoms with Crippen molar-refractivity contribution in [2.75, 3.05) is 53.2 Å². The number of rotatable bonds is 6. The van der Waals surface area contributed by atoms with Crippen molar-refractivity contribution in [1.29, 1.82) is 0 Å². The summed E-state index contributed by atoms with van der Waals surface area (Å²) in [7, 11) is 0.